The van der Waals surface area contributed by atoms with Gasteiger partial charge in [0.05, 0.1) is 11.7 Å². The van der Waals surface area contributed by atoms with E-state index in [1.807, 2.05) is 6.07 Å². The monoisotopic (exact) mass is 456 g/mol. The van der Waals surface area contributed by atoms with E-state index in [1.165, 1.54) is 44.9 Å². The number of rotatable bonds is 6. The first kappa shape index (κ1) is 26.3. The lowest BCUT2D eigenvalue weighted by Crippen LogP contribution is -2.32. The molecule has 0 amide bonds. The third kappa shape index (κ3) is 6.41. The number of carbonyl (C=O) groups is 1. The molecule has 0 saturated heterocycles. The Bertz CT molecular complexity index is 785. The predicted molar refractivity (Wildman–Crippen MR) is 137 cm³/mol. The predicted octanol–water partition coefficient (Wildman–Crippen LogP) is 7.85. The summed E-state index contributed by atoms with van der Waals surface area (Å²) < 4.78 is 0. The molecule has 0 aromatic heterocycles. The van der Waals surface area contributed by atoms with Gasteiger partial charge in [-0.2, -0.15) is 0 Å². The highest BCUT2D eigenvalue weighted by molar-refractivity contribution is 5.90. The van der Waals surface area contributed by atoms with Crippen molar-refractivity contribution in [1.82, 2.24) is 0 Å². The van der Waals surface area contributed by atoms with Crippen LogP contribution in [0.2, 0.25) is 0 Å². The van der Waals surface area contributed by atoms with Gasteiger partial charge in [-0.3, -0.25) is 0 Å². The SMILES string of the molecule is CC(C)CCC[C@@H](C)[C@H]1CC[C@H]2c3ccc(cc3C(=O)O)CC(O)CCC(C)CCC[C@]12C. The summed E-state index contributed by atoms with van der Waals surface area (Å²) in [6, 6.07) is 6.03. The Hall–Kier alpha value is -1.35. The van der Waals surface area contributed by atoms with Gasteiger partial charge in [0.15, 0.2) is 0 Å². The molecule has 3 aliphatic carbocycles. The van der Waals surface area contributed by atoms with Gasteiger partial charge in [0, 0.05) is 0 Å². The molecule has 1 aromatic carbocycles. The summed E-state index contributed by atoms with van der Waals surface area (Å²) in [5.41, 5.74) is 2.60. The molecule has 3 nitrogen and oxygen atoms in total. The van der Waals surface area contributed by atoms with Crippen molar-refractivity contribution in [3.05, 3.63) is 34.9 Å². The van der Waals surface area contributed by atoms with Gasteiger partial charge in [0.2, 0.25) is 0 Å². The van der Waals surface area contributed by atoms with Crippen LogP contribution in [0.1, 0.15) is 126 Å². The molecular weight excluding hydrogens is 408 g/mol. The second-order valence-corrected chi connectivity index (χ2v) is 12.2. The number of fused-ring (bicyclic) bond motifs is 9. The molecule has 1 saturated carbocycles. The van der Waals surface area contributed by atoms with Gasteiger partial charge in [-0.05, 0) is 90.7 Å². The molecule has 6 atom stereocenters. The van der Waals surface area contributed by atoms with Gasteiger partial charge in [0.25, 0.3) is 0 Å². The molecule has 186 valence electrons. The molecule has 2 bridgehead atoms. The molecule has 0 radical (unpaired) electrons. The highest BCUT2D eigenvalue weighted by Crippen LogP contribution is 2.59. The number of aliphatic hydroxyl groups excluding tert-OH is 1. The molecule has 0 spiro atoms. The molecular formula is C30H48O3. The van der Waals surface area contributed by atoms with E-state index in [4.69, 9.17) is 0 Å². The maximum atomic E-state index is 12.3. The fourth-order valence-corrected chi connectivity index (χ4v) is 7.16. The average molecular weight is 457 g/mol. The van der Waals surface area contributed by atoms with Crippen molar-refractivity contribution in [1.29, 1.82) is 0 Å². The highest BCUT2D eigenvalue weighted by Gasteiger charge is 2.49. The molecule has 3 aliphatic rings. The lowest BCUT2D eigenvalue weighted by Gasteiger charge is -2.41. The van der Waals surface area contributed by atoms with Gasteiger partial charge < -0.3 is 10.2 Å². The summed E-state index contributed by atoms with van der Waals surface area (Å²) in [5.74, 6) is 2.20. The summed E-state index contributed by atoms with van der Waals surface area (Å²) in [4.78, 5) is 12.3. The van der Waals surface area contributed by atoms with Crippen LogP contribution in [0, 0.1) is 29.1 Å². The van der Waals surface area contributed by atoms with Crippen LogP contribution in [-0.4, -0.2) is 22.3 Å². The fourth-order valence-electron chi connectivity index (χ4n) is 7.16. The molecule has 4 rings (SSSR count). The Morgan fingerprint density at radius 1 is 1.09 bits per heavy atom. The fraction of sp³-hybridized carbons (Fsp3) is 0.767. The zero-order chi connectivity index (χ0) is 24.2. The zero-order valence-corrected chi connectivity index (χ0v) is 21.8. The summed E-state index contributed by atoms with van der Waals surface area (Å²) in [5, 5.41) is 20.6. The number of benzene rings is 1. The number of carboxylic acids is 1. The number of hydrogen-bond donors (Lipinski definition) is 2. The van der Waals surface area contributed by atoms with Crippen LogP contribution in [0.25, 0.3) is 0 Å². The third-order valence-corrected chi connectivity index (χ3v) is 9.14. The topological polar surface area (TPSA) is 57.5 Å². The minimum absolute atomic E-state index is 0.145. The van der Waals surface area contributed by atoms with Crippen LogP contribution in [0.4, 0.5) is 0 Å². The van der Waals surface area contributed by atoms with Crippen molar-refractivity contribution in [3.63, 3.8) is 0 Å². The average Bonchev–Trinajstić information content (AvgIpc) is 3.08. The van der Waals surface area contributed by atoms with E-state index in [-0.39, 0.29) is 5.41 Å². The van der Waals surface area contributed by atoms with Gasteiger partial charge in [0.1, 0.15) is 0 Å². The van der Waals surface area contributed by atoms with E-state index in [9.17, 15) is 15.0 Å². The first-order valence-electron chi connectivity index (χ1n) is 13.7. The Kier molecular flexibility index (Phi) is 9.06. The lowest BCUT2D eigenvalue weighted by atomic mass is 9.63. The molecule has 0 heterocycles. The van der Waals surface area contributed by atoms with Crippen molar-refractivity contribution >= 4 is 5.97 Å². The van der Waals surface area contributed by atoms with E-state index in [0.717, 1.165) is 36.3 Å². The van der Waals surface area contributed by atoms with E-state index < -0.39 is 12.1 Å². The Morgan fingerprint density at radius 2 is 1.85 bits per heavy atom. The molecule has 2 N–H and O–H groups in total. The second kappa shape index (κ2) is 11.4. The number of aliphatic hydroxyl groups is 1. The molecule has 3 heteroatoms. The quantitative estimate of drug-likeness (QED) is 0.458. The molecule has 0 aliphatic heterocycles. The van der Waals surface area contributed by atoms with Crippen LogP contribution < -0.4 is 0 Å². The summed E-state index contributed by atoms with van der Waals surface area (Å²) >= 11 is 0. The van der Waals surface area contributed by atoms with E-state index >= 15 is 0 Å². The van der Waals surface area contributed by atoms with Crippen molar-refractivity contribution in [2.24, 2.45) is 29.1 Å². The minimum Gasteiger partial charge on any atom is -0.478 e. The highest BCUT2D eigenvalue weighted by atomic mass is 16.4. The largest absolute Gasteiger partial charge is 0.478 e. The standard InChI is InChI=1S/C30H48O3/c1-20(2)8-6-10-22(4)27-15-16-28-25-14-12-23(19-26(25)29(32)33)18-24(31)13-11-21(3)9-7-17-30(27,28)5/h12,14,19-22,24,27-28,31H,6-11,13,15-18H2,1-5H3,(H,32,33)/t21?,22-,24?,27-,28+,30-/m1/s1. The lowest BCUT2D eigenvalue weighted by molar-refractivity contribution is 0.0691. The minimum atomic E-state index is -0.821. The molecule has 1 fully saturated rings. The number of hydrogen-bond acceptors (Lipinski definition) is 2. The first-order chi connectivity index (χ1) is 15.6. The van der Waals surface area contributed by atoms with Crippen molar-refractivity contribution < 1.29 is 15.0 Å². The maximum Gasteiger partial charge on any atom is 0.335 e. The normalized spacial score (nSPS) is 31.8. The summed E-state index contributed by atoms with van der Waals surface area (Å²) in [6.45, 7) is 11.9. The summed E-state index contributed by atoms with van der Waals surface area (Å²) in [7, 11) is 0. The molecule has 1 aromatic rings. The van der Waals surface area contributed by atoms with Gasteiger partial charge >= 0.3 is 5.97 Å². The molecule has 33 heavy (non-hydrogen) atoms. The number of aromatic carboxylic acids is 1. The Morgan fingerprint density at radius 3 is 2.55 bits per heavy atom. The zero-order valence-electron chi connectivity index (χ0n) is 21.8. The second-order valence-electron chi connectivity index (χ2n) is 12.2. The van der Waals surface area contributed by atoms with Crippen LogP contribution in [0.3, 0.4) is 0 Å². The van der Waals surface area contributed by atoms with Crippen LogP contribution >= 0.6 is 0 Å². The Balaban J connectivity index is 1.95. The summed E-state index contributed by atoms with van der Waals surface area (Å²) in [6.07, 6.45) is 11.7. The van der Waals surface area contributed by atoms with Crippen LogP contribution in [-0.2, 0) is 6.42 Å². The van der Waals surface area contributed by atoms with Crippen molar-refractivity contribution in [2.75, 3.05) is 0 Å². The van der Waals surface area contributed by atoms with E-state index in [2.05, 4.69) is 46.8 Å². The Labute approximate surface area is 202 Å². The maximum absolute atomic E-state index is 12.3. The van der Waals surface area contributed by atoms with Crippen LogP contribution in [0.5, 0.6) is 0 Å². The first-order valence-corrected chi connectivity index (χ1v) is 13.7. The van der Waals surface area contributed by atoms with Gasteiger partial charge in [-0.1, -0.05) is 78.9 Å². The van der Waals surface area contributed by atoms with Crippen LogP contribution in [0.15, 0.2) is 18.2 Å². The van der Waals surface area contributed by atoms with Gasteiger partial charge in [-0.15, -0.1) is 0 Å². The van der Waals surface area contributed by atoms with Gasteiger partial charge in [-0.25, -0.2) is 4.79 Å². The van der Waals surface area contributed by atoms with E-state index in [1.54, 1.807) is 0 Å². The number of carboxylic acid groups (broad SMARTS) is 1. The van der Waals surface area contributed by atoms with Crippen molar-refractivity contribution in [3.8, 4) is 0 Å². The smallest absolute Gasteiger partial charge is 0.335 e. The van der Waals surface area contributed by atoms with E-state index in [0.29, 0.717) is 35.7 Å². The third-order valence-electron chi connectivity index (χ3n) is 9.14. The van der Waals surface area contributed by atoms with Crippen molar-refractivity contribution in [2.45, 2.75) is 117 Å². The molecule has 2 unspecified atom stereocenters.